The third kappa shape index (κ3) is 5.69. The van der Waals surface area contributed by atoms with E-state index in [1.165, 1.54) is 15.3 Å². The minimum absolute atomic E-state index is 0.0297. The van der Waals surface area contributed by atoms with Crippen LogP contribution < -0.4 is 4.90 Å². The predicted octanol–water partition coefficient (Wildman–Crippen LogP) is 5.63. The summed E-state index contributed by atoms with van der Waals surface area (Å²) in [5, 5.41) is 1.02. The number of aryl methyl sites for hydroxylation is 2. The summed E-state index contributed by atoms with van der Waals surface area (Å²) in [5.41, 5.74) is -2.37. The molecule has 6 nitrogen and oxygen atoms in total. The fourth-order valence-corrected chi connectivity index (χ4v) is 6.42. The lowest BCUT2D eigenvalue weighted by atomic mass is 9.97. The third-order valence-electron chi connectivity index (χ3n) is 7.00. The van der Waals surface area contributed by atoms with E-state index in [2.05, 4.69) is 0 Å². The summed E-state index contributed by atoms with van der Waals surface area (Å²) < 4.78 is 79.8. The van der Waals surface area contributed by atoms with Crippen molar-refractivity contribution >= 4 is 33.3 Å². The molecular formula is C26H27F6N5OS. The first kappa shape index (κ1) is 27.6. The van der Waals surface area contributed by atoms with Crippen LogP contribution in [0.5, 0.6) is 0 Å². The lowest BCUT2D eigenvalue weighted by Gasteiger charge is -2.36. The normalized spacial score (nSPS) is 16.7. The summed E-state index contributed by atoms with van der Waals surface area (Å²) in [6, 6.07) is 1.01. The summed E-state index contributed by atoms with van der Waals surface area (Å²) in [4.78, 5) is 30.3. The molecule has 3 aromatic rings. The van der Waals surface area contributed by atoms with Gasteiger partial charge in [-0.25, -0.2) is 9.97 Å². The number of anilines is 1. The molecule has 5 rings (SSSR count). The maximum Gasteiger partial charge on any atom is 0.416 e. The van der Waals surface area contributed by atoms with Gasteiger partial charge >= 0.3 is 12.4 Å². The number of benzene rings is 1. The molecule has 0 N–H and O–H groups in total. The summed E-state index contributed by atoms with van der Waals surface area (Å²) in [6.45, 7) is 1.50. The van der Waals surface area contributed by atoms with E-state index in [1.807, 2.05) is 23.9 Å². The Labute approximate surface area is 225 Å². The van der Waals surface area contributed by atoms with Crippen molar-refractivity contribution in [3.05, 3.63) is 51.2 Å². The molecule has 1 fully saturated rings. The molecule has 13 heteroatoms. The second-order valence-electron chi connectivity index (χ2n) is 10.2. The Bertz CT molecular complexity index is 1360. The van der Waals surface area contributed by atoms with Crippen LogP contribution in [0.3, 0.4) is 0 Å². The second-order valence-corrected chi connectivity index (χ2v) is 11.2. The van der Waals surface area contributed by atoms with E-state index in [1.54, 1.807) is 11.3 Å². The molecule has 1 aliphatic carbocycles. The van der Waals surface area contributed by atoms with Crippen molar-refractivity contribution in [1.29, 1.82) is 0 Å². The number of nitrogens with zero attached hydrogens (tertiary/aromatic N) is 5. The Morgan fingerprint density at radius 3 is 2.13 bits per heavy atom. The summed E-state index contributed by atoms with van der Waals surface area (Å²) in [5.74, 6) is 0.588. The molecular weight excluding hydrogens is 544 g/mol. The van der Waals surface area contributed by atoms with Crippen LogP contribution in [-0.2, 0) is 31.7 Å². The zero-order valence-electron chi connectivity index (χ0n) is 21.4. The van der Waals surface area contributed by atoms with Gasteiger partial charge in [-0.05, 0) is 63.5 Å². The molecule has 2 aliphatic rings. The van der Waals surface area contributed by atoms with Gasteiger partial charge in [0.25, 0.3) is 5.91 Å². The number of carbonyl (C=O) groups excluding carboxylic acids is 1. The summed E-state index contributed by atoms with van der Waals surface area (Å²) in [7, 11) is 3.85. The molecule has 0 saturated carbocycles. The predicted molar refractivity (Wildman–Crippen MR) is 136 cm³/mol. The Kier molecular flexibility index (Phi) is 7.25. The van der Waals surface area contributed by atoms with Crippen LogP contribution in [0, 0.1) is 0 Å². The van der Waals surface area contributed by atoms with Crippen molar-refractivity contribution in [3.8, 4) is 0 Å². The lowest BCUT2D eigenvalue weighted by Crippen LogP contribution is -2.49. The number of alkyl halides is 6. The zero-order chi connectivity index (χ0) is 28.1. The second kappa shape index (κ2) is 10.2. The third-order valence-corrected chi connectivity index (χ3v) is 8.19. The number of hydrogen-bond acceptors (Lipinski definition) is 6. The molecule has 1 saturated heterocycles. The number of fused-ring (bicyclic) bond motifs is 3. The molecule has 1 amide bonds. The van der Waals surface area contributed by atoms with Gasteiger partial charge in [-0.3, -0.25) is 4.79 Å². The zero-order valence-corrected chi connectivity index (χ0v) is 22.2. The quantitative estimate of drug-likeness (QED) is 0.380. The van der Waals surface area contributed by atoms with Crippen molar-refractivity contribution in [2.24, 2.45) is 0 Å². The number of rotatable bonds is 4. The molecule has 0 bridgehead atoms. The van der Waals surface area contributed by atoms with E-state index in [9.17, 15) is 31.1 Å². The maximum absolute atomic E-state index is 13.3. The van der Waals surface area contributed by atoms with Gasteiger partial charge in [0.05, 0.1) is 23.1 Å². The molecule has 0 atom stereocenters. The van der Waals surface area contributed by atoms with Crippen LogP contribution in [-0.4, -0.2) is 65.9 Å². The van der Waals surface area contributed by atoms with Gasteiger partial charge in [0, 0.05) is 36.6 Å². The van der Waals surface area contributed by atoms with Crippen LogP contribution >= 0.6 is 11.3 Å². The van der Waals surface area contributed by atoms with E-state index < -0.39 is 35.0 Å². The molecule has 1 aromatic carbocycles. The lowest BCUT2D eigenvalue weighted by molar-refractivity contribution is -0.143. The van der Waals surface area contributed by atoms with Crippen LogP contribution in [0.4, 0.5) is 32.2 Å². The summed E-state index contributed by atoms with van der Waals surface area (Å²) in [6.07, 6.45) is -5.89. The molecule has 1 aliphatic heterocycles. The van der Waals surface area contributed by atoms with Gasteiger partial charge in [0.2, 0.25) is 0 Å². The van der Waals surface area contributed by atoms with Gasteiger partial charge in [-0.2, -0.15) is 26.3 Å². The first-order valence-corrected chi connectivity index (χ1v) is 13.4. The molecule has 210 valence electrons. The van der Waals surface area contributed by atoms with Crippen molar-refractivity contribution < 1.29 is 31.1 Å². The number of hydrogen-bond donors (Lipinski definition) is 0. The summed E-state index contributed by atoms with van der Waals surface area (Å²) >= 11 is 1.68. The monoisotopic (exact) mass is 571 g/mol. The number of thiophene rings is 1. The van der Waals surface area contributed by atoms with Crippen LogP contribution in [0.1, 0.15) is 50.6 Å². The topological polar surface area (TPSA) is 52.6 Å². The number of amides is 1. The standard InChI is InChI=1S/C26H27F6N5OS/c1-35(2)14-20-33-22(21-18-5-3-4-6-19(18)39-23(21)34-20)36-7-9-37(10-8-36)24(38)15-11-16(25(27,28)29)13-17(12-15)26(30,31)32/h11-13H,3-10,14H2,1-2H3. The minimum atomic E-state index is -5.02. The first-order chi connectivity index (χ1) is 18.3. The van der Waals surface area contributed by atoms with Crippen molar-refractivity contribution in [2.75, 3.05) is 45.2 Å². The Balaban J connectivity index is 1.42. The fraction of sp³-hybridized carbons (Fsp3) is 0.500. The van der Waals surface area contributed by atoms with Crippen LogP contribution in [0.2, 0.25) is 0 Å². The molecule has 39 heavy (non-hydrogen) atoms. The minimum Gasteiger partial charge on any atom is -0.352 e. The van der Waals surface area contributed by atoms with Crippen molar-refractivity contribution in [1.82, 2.24) is 19.8 Å². The molecule has 0 radical (unpaired) electrons. The average Bonchev–Trinajstić information content (AvgIpc) is 3.24. The Morgan fingerprint density at radius 2 is 1.54 bits per heavy atom. The number of carbonyl (C=O) groups is 1. The van der Waals surface area contributed by atoms with Crippen LogP contribution in [0.15, 0.2) is 18.2 Å². The van der Waals surface area contributed by atoms with E-state index in [0.29, 0.717) is 37.6 Å². The fourth-order valence-electron chi connectivity index (χ4n) is 5.15. The Hall–Kier alpha value is -2.93. The van der Waals surface area contributed by atoms with Gasteiger partial charge in [-0.15, -0.1) is 11.3 Å². The highest BCUT2D eigenvalue weighted by atomic mass is 32.1. The van der Waals surface area contributed by atoms with E-state index in [-0.39, 0.29) is 19.2 Å². The first-order valence-electron chi connectivity index (χ1n) is 12.6. The smallest absolute Gasteiger partial charge is 0.352 e. The molecule has 3 heterocycles. The number of aromatic nitrogens is 2. The molecule has 0 spiro atoms. The van der Waals surface area contributed by atoms with E-state index >= 15 is 0 Å². The highest BCUT2D eigenvalue weighted by Gasteiger charge is 2.38. The largest absolute Gasteiger partial charge is 0.416 e. The Morgan fingerprint density at radius 1 is 0.923 bits per heavy atom. The van der Waals surface area contributed by atoms with Gasteiger partial charge in [-0.1, -0.05) is 0 Å². The van der Waals surface area contributed by atoms with Crippen LogP contribution in [0.25, 0.3) is 10.2 Å². The maximum atomic E-state index is 13.3. The highest BCUT2D eigenvalue weighted by Crippen LogP contribution is 2.40. The highest BCUT2D eigenvalue weighted by molar-refractivity contribution is 7.19. The SMILES string of the molecule is CN(C)Cc1nc(N2CCN(C(=O)c3cc(C(F)(F)F)cc(C(F)(F)F)c3)CC2)c2c3c(sc2n1)CCCC3. The number of halogens is 6. The molecule has 0 unspecified atom stereocenters. The van der Waals surface area contributed by atoms with Crippen molar-refractivity contribution in [2.45, 2.75) is 44.6 Å². The molecule has 2 aromatic heterocycles. The van der Waals surface area contributed by atoms with E-state index in [0.717, 1.165) is 41.7 Å². The van der Waals surface area contributed by atoms with Gasteiger partial charge in [0.15, 0.2) is 0 Å². The van der Waals surface area contributed by atoms with Crippen molar-refractivity contribution in [3.63, 3.8) is 0 Å². The van der Waals surface area contributed by atoms with Gasteiger partial charge < -0.3 is 14.7 Å². The van der Waals surface area contributed by atoms with E-state index in [4.69, 9.17) is 9.97 Å². The number of piperazine rings is 1. The average molecular weight is 572 g/mol. The van der Waals surface area contributed by atoms with Gasteiger partial charge in [0.1, 0.15) is 16.5 Å².